The van der Waals surface area contributed by atoms with E-state index in [-0.39, 0.29) is 12.1 Å². The summed E-state index contributed by atoms with van der Waals surface area (Å²) in [5, 5.41) is 3.27. The Morgan fingerprint density at radius 3 is 2.70 bits per heavy atom. The highest BCUT2D eigenvalue weighted by Gasteiger charge is 2.23. The number of rotatable bonds is 5. The van der Waals surface area contributed by atoms with Gasteiger partial charge in [-0.1, -0.05) is 34.1 Å². The van der Waals surface area contributed by atoms with E-state index in [2.05, 4.69) is 26.2 Å². The van der Waals surface area contributed by atoms with E-state index in [4.69, 9.17) is 0 Å². The van der Waals surface area contributed by atoms with Crippen molar-refractivity contribution in [3.63, 3.8) is 0 Å². The maximum absolute atomic E-state index is 12.8. The molecule has 1 heterocycles. The molecule has 1 aromatic heterocycles. The Labute approximate surface area is 125 Å². The van der Waals surface area contributed by atoms with Crippen LogP contribution in [0.15, 0.2) is 41.1 Å². The van der Waals surface area contributed by atoms with Crippen molar-refractivity contribution in [3.8, 4) is 0 Å². The Kier molecular flexibility index (Phi) is 4.55. The fraction of sp³-hybridized carbons (Fsp3) is 0.357. The van der Waals surface area contributed by atoms with Crippen LogP contribution in [0.25, 0.3) is 0 Å². The summed E-state index contributed by atoms with van der Waals surface area (Å²) in [6.07, 6.45) is 2.67. The number of hydrogen-bond donors (Lipinski definition) is 1. The number of nitrogens with zero attached hydrogens (tertiary/aromatic N) is 2. The number of aromatic nitrogens is 2. The molecule has 0 aliphatic heterocycles. The van der Waals surface area contributed by atoms with Gasteiger partial charge in [0, 0.05) is 22.4 Å². The third kappa shape index (κ3) is 3.24. The second-order valence-electron chi connectivity index (χ2n) is 4.99. The largest absolute Gasteiger partial charge is 0.319 e. The maximum Gasteiger partial charge on any atom is 0.319 e. The number of imidazole rings is 1. The number of nitrogens with one attached hydrogen (secondary N) is 1. The third-order valence-electron chi connectivity index (χ3n) is 3.19. The smallest absolute Gasteiger partial charge is 0.301 e. The Morgan fingerprint density at radius 2 is 2.05 bits per heavy atom. The van der Waals surface area contributed by atoms with Crippen molar-refractivity contribution in [2.45, 2.75) is 32.5 Å². The average Bonchev–Trinajstić information content (AvgIpc) is 2.85. The van der Waals surface area contributed by atoms with Crippen LogP contribution in [-0.2, 0) is 12.1 Å². The maximum atomic E-state index is 12.8. The monoisotopic (exact) mass is 343 g/mol. The van der Waals surface area contributed by atoms with Gasteiger partial charge in [-0.25, -0.2) is 4.98 Å². The molecule has 0 atom stereocenters. The molecule has 2 rings (SSSR count). The second-order valence-corrected chi connectivity index (χ2v) is 5.84. The molecule has 0 spiro atoms. The van der Waals surface area contributed by atoms with Crippen LogP contribution in [0, 0.1) is 0 Å². The van der Waals surface area contributed by atoms with Gasteiger partial charge in [-0.15, -0.1) is 0 Å². The third-order valence-corrected chi connectivity index (χ3v) is 3.89. The van der Waals surface area contributed by atoms with Crippen LogP contribution in [0.2, 0.25) is 0 Å². The molecule has 108 valence electrons. The fourth-order valence-corrected chi connectivity index (χ4v) is 2.80. The summed E-state index contributed by atoms with van der Waals surface area (Å²) >= 11 is 3.51. The van der Waals surface area contributed by atoms with Gasteiger partial charge in [0.15, 0.2) is 0 Å². The normalized spacial score (nSPS) is 12.1. The first-order valence-corrected chi connectivity index (χ1v) is 7.01. The van der Waals surface area contributed by atoms with Gasteiger partial charge >= 0.3 is 6.55 Å². The van der Waals surface area contributed by atoms with E-state index in [1.807, 2.05) is 38.1 Å². The van der Waals surface area contributed by atoms with Gasteiger partial charge in [-0.2, -0.15) is 8.78 Å². The minimum atomic E-state index is -2.57. The van der Waals surface area contributed by atoms with Gasteiger partial charge in [0.1, 0.15) is 5.82 Å². The molecule has 0 aliphatic carbocycles. The summed E-state index contributed by atoms with van der Waals surface area (Å²) in [7, 11) is 0. The summed E-state index contributed by atoms with van der Waals surface area (Å²) in [6.45, 7) is 1.71. The number of benzene rings is 1. The number of hydrogen-bond acceptors (Lipinski definition) is 2. The van der Waals surface area contributed by atoms with Crippen molar-refractivity contribution in [1.82, 2.24) is 14.9 Å². The lowest BCUT2D eigenvalue weighted by Gasteiger charge is -2.28. The molecule has 0 aliphatic rings. The second kappa shape index (κ2) is 6.01. The minimum Gasteiger partial charge on any atom is -0.301 e. The Balaban J connectivity index is 2.13. The van der Waals surface area contributed by atoms with Crippen molar-refractivity contribution >= 4 is 15.9 Å². The molecule has 0 saturated heterocycles. The van der Waals surface area contributed by atoms with Crippen LogP contribution in [-0.4, -0.2) is 9.55 Å². The molecule has 3 nitrogen and oxygen atoms in total. The highest BCUT2D eigenvalue weighted by Crippen LogP contribution is 2.28. The Morgan fingerprint density at radius 1 is 1.35 bits per heavy atom. The van der Waals surface area contributed by atoms with E-state index < -0.39 is 6.55 Å². The number of halogens is 3. The fourth-order valence-electron chi connectivity index (χ4n) is 2.02. The van der Waals surface area contributed by atoms with Crippen molar-refractivity contribution in [1.29, 1.82) is 0 Å². The Hall–Kier alpha value is -1.27. The molecule has 2 aromatic rings. The lowest BCUT2D eigenvalue weighted by Crippen LogP contribution is -2.37. The average molecular weight is 344 g/mol. The summed E-state index contributed by atoms with van der Waals surface area (Å²) in [6, 6.07) is 7.84. The molecular weight excluding hydrogens is 328 g/mol. The highest BCUT2D eigenvalue weighted by molar-refractivity contribution is 9.10. The van der Waals surface area contributed by atoms with Crippen molar-refractivity contribution < 1.29 is 8.78 Å². The van der Waals surface area contributed by atoms with E-state index in [0.717, 1.165) is 14.6 Å². The van der Waals surface area contributed by atoms with Gasteiger partial charge in [0.25, 0.3) is 0 Å². The van der Waals surface area contributed by atoms with Gasteiger partial charge in [-0.05, 0) is 25.5 Å². The molecular formula is C14H16BrF2N3. The van der Waals surface area contributed by atoms with Crippen LogP contribution < -0.4 is 5.32 Å². The highest BCUT2D eigenvalue weighted by atomic mass is 79.9. The quantitative estimate of drug-likeness (QED) is 0.886. The van der Waals surface area contributed by atoms with Crippen molar-refractivity contribution in [2.75, 3.05) is 0 Å². The molecule has 0 saturated carbocycles. The molecule has 6 heteroatoms. The van der Waals surface area contributed by atoms with Gasteiger partial charge in [0.05, 0.1) is 6.54 Å². The van der Waals surface area contributed by atoms with Gasteiger partial charge < -0.3 is 5.32 Å². The van der Waals surface area contributed by atoms with Crippen LogP contribution in [0.4, 0.5) is 8.78 Å². The first kappa shape index (κ1) is 15.1. The molecule has 1 N–H and O–H groups in total. The number of alkyl halides is 2. The van der Waals surface area contributed by atoms with Crippen LogP contribution >= 0.6 is 15.9 Å². The van der Waals surface area contributed by atoms with E-state index in [9.17, 15) is 8.78 Å². The molecule has 0 radical (unpaired) electrons. The molecule has 1 aromatic carbocycles. The van der Waals surface area contributed by atoms with E-state index in [1.54, 1.807) is 0 Å². The molecule has 0 bridgehead atoms. The SMILES string of the molecule is CC(C)(NCc1nccn1C(F)F)c1ccccc1Br. The standard InChI is InChI=1S/C14H16BrF2N3/c1-14(2,10-5-3-4-6-11(10)15)19-9-12-18-7-8-20(12)13(16)17/h3-8,13,19H,9H2,1-2H3. The van der Waals surface area contributed by atoms with Crippen LogP contribution in [0.5, 0.6) is 0 Å². The zero-order valence-corrected chi connectivity index (χ0v) is 12.9. The predicted molar refractivity (Wildman–Crippen MR) is 77.5 cm³/mol. The van der Waals surface area contributed by atoms with Crippen LogP contribution in [0.1, 0.15) is 31.8 Å². The summed E-state index contributed by atoms with van der Waals surface area (Å²) in [5.74, 6) is 0.320. The summed E-state index contributed by atoms with van der Waals surface area (Å²) < 4.78 is 27.4. The van der Waals surface area contributed by atoms with Crippen molar-refractivity contribution in [3.05, 3.63) is 52.5 Å². The molecule has 0 amide bonds. The minimum absolute atomic E-state index is 0.270. The molecule has 0 unspecified atom stereocenters. The Bertz CT molecular complexity index is 581. The zero-order chi connectivity index (χ0) is 14.8. The summed E-state index contributed by atoms with van der Waals surface area (Å²) in [5.41, 5.74) is 0.703. The van der Waals surface area contributed by atoms with Crippen molar-refractivity contribution in [2.24, 2.45) is 0 Å². The lowest BCUT2D eigenvalue weighted by atomic mass is 9.94. The molecule has 20 heavy (non-hydrogen) atoms. The van der Waals surface area contributed by atoms with Gasteiger partial charge in [-0.3, -0.25) is 4.57 Å². The zero-order valence-electron chi connectivity index (χ0n) is 11.3. The first-order chi connectivity index (χ1) is 9.42. The van der Waals surface area contributed by atoms with E-state index in [0.29, 0.717) is 5.82 Å². The predicted octanol–water partition coefficient (Wildman–Crippen LogP) is 4.07. The first-order valence-electron chi connectivity index (χ1n) is 6.22. The summed E-state index contributed by atoms with van der Waals surface area (Å²) in [4.78, 5) is 3.97. The van der Waals surface area contributed by atoms with Crippen LogP contribution in [0.3, 0.4) is 0 Å². The van der Waals surface area contributed by atoms with Gasteiger partial charge in [0.2, 0.25) is 0 Å². The van der Waals surface area contributed by atoms with E-state index >= 15 is 0 Å². The van der Waals surface area contributed by atoms with E-state index in [1.165, 1.54) is 12.4 Å². The lowest BCUT2D eigenvalue weighted by molar-refractivity contribution is 0.0662. The molecule has 0 fully saturated rings. The topological polar surface area (TPSA) is 29.9 Å².